The van der Waals surface area contributed by atoms with Gasteiger partial charge in [-0.1, -0.05) is 60.7 Å². The van der Waals surface area contributed by atoms with Crippen molar-refractivity contribution < 1.29 is 0 Å². The van der Waals surface area contributed by atoms with Gasteiger partial charge < -0.3 is 9.80 Å². The molecule has 2 heteroatoms. The molecular weight excluding hydrogens is 268 g/mol. The van der Waals surface area contributed by atoms with Crippen LogP contribution in [-0.4, -0.2) is 26.2 Å². The highest BCUT2D eigenvalue weighted by Gasteiger charge is 2.33. The molecule has 2 unspecified atom stereocenters. The minimum absolute atomic E-state index is 0.397. The lowest BCUT2D eigenvalue weighted by Crippen LogP contribution is -2.52. The summed E-state index contributed by atoms with van der Waals surface area (Å²) in [7, 11) is 4.39. The van der Waals surface area contributed by atoms with Crippen molar-refractivity contribution >= 4 is 11.4 Å². The molecule has 0 fully saturated rings. The number of fused-ring (bicyclic) bond motifs is 2. The average molecular weight is 288 g/mol. The predicted octanol–water partition coefficient (Wildman–Crippen LogP) is 4.10. The first-order valence-electron chi connectivity index (χ1n) is 7.76. The minimum Gasteiger partial charge on any atom is -0.364 e. The summed E-state index contributed by atoms with van der Waals surface area (Å²) in [4.78, 5) is 4.78. The van der Waals surface area contributed by atoms with E-state index in [1.165, 1.54) is 22.5 Å². The van der Waals surface area contributed by atoms with Crippen LogP contribution in [0.1, 0.15) is 0 Å². The molecule has 0 aromatic heterocycles. The number of anilines is 2. The molecule has 2 aromatic carbocycles. The smallest absolute Gasteiger partial charge is 0.0713 e. The van der Waals surface area contributed by atoms with Gasteiger partial charge in [-0.2, -0.15) is 0 Å². The highest BCUT2D eigenvalue weighted by molar-refractivity contribution is 5.81. The molecule has 1 aliphatic heterocycles. The minimum atomic E-state index is 0.397. The van der Waals surface area contributed by atoms with E-state index >= 15 is 0 Å². The van der Waals surface area contributed by atoms with Crippen LogP contribution in [0.15, 0.2) is 72.8 Å². The Bertz CT molecular complexity index is 746. The van der Waals surface area contributed by atoms with E-state index in [0.717, 1.165) is 0 Å². The monoisotopic (exact) mass is 288 g/mol. The molecule has 1 aliphatic carbocycles. The van der Waals surface area contributed by atoms with Crippen LogP contribution in [0.4, 0.5) is 11.4 Å². The van der Waals surface area contributed by atoms with Gasteiger partial charge in [0.25, 0.3) is 0 Å². The molecule has 2 nitrogen and oxygen atoms in total. The number of hydrogen-bond donors (Lipinski definition) is 0. The average Bonchev–Trinajstić information content (AvgIpc) is 2.60. The largest absolute Gasteiger partial charge is 0.364 e. The molecule has 2 aromatic rings. The molecule has 4 rings (SSSR count). The van der Waals surface area contributed by atoms with Gasteiger partial charge >= 0.3 is 0 Å². The highest BCUT2D eigenvalue weighted by Crippen LogP contribution is 2.40. The Morgan fingerprint density at radius 1 is 0.682 bits per heavy atom. The van der Waals surface area contributed by atoms with Gasteiger partial charge in [0.05, 0.1) is 23.5 Å². The summed E-state index contributed by atoms with van der Waals surface area (Å²) in [5.74, 6) is 0. The summed E-state index contributed by atoms with van der Waals surface area (Å²) < 4.78 is 0. The van der Waals surface area contributed by atoms with Crippen molar-refractivity contribution in [3.8, 4) is 11.1 Å². The van der Waals surface area contributed by atoms with Crippen LogP contribution in [0.5, 0.6) is 0 Å². The van der Waals surface area contributed by atoms with E-state index in [1.807, 2.05) is 0 Å². The standard InChI is InChI=1S/C20H20N2/c1-21-17-10-6-7-11-18(17)22(2)20-14-16(12-13-19(20)21)15-8-4-3-5-9-15/h3-14,17-18H,1-2H3. The second-order valence-corrected chi connectivity index (χ2v) is 6.04. The van der Waals surface area contributed by atoms with E-state index in [4.69, 9.17) is 0 Å². The van der Waals surface area contributed by atoms with Crippen molar-refractivity contribution in [2.45, 2.75) is 12.1 Å². The van der Waals surface area contributed by atoms with E-state index < -0.39 is 0 Å². The van der Waals surface area contributed by atoms with Gasteiger partial charge in [0.1, 0.15) is 0 Å². The van der Waals surface area contributed by atoms with Crippen LogP contribution in [-0.2, 0) is 0 Å². The Morgan fingerprint density at radius 3 is 2.00 bits per heavy atom. The topological polar surface area (TPSA) is 6.48 Å². The lowest BCUT2D eigenvalue weighted by Gasteiger charge is -2.46. The SMILES string of the molecule is CN1c2ccc(-c3ccccc3)cc2N(C)C2C=CC=CC21. The first-order valence-corrected chi connectivity index (χ1v) is 7.76. The van der Waals surface area contributed by atoms with Crippen molar-refractivity contribution in [3.63, 3.8) is 0 Å². The van der Waals surface area contributed by atoms with Gasteiger partial charge in [-0.15, -0.1) is 0 Å². The summed E-state index contributed by atoms with van der Waals surface area (Å²) in [5.41, 5.74) is 5.13. The van der Waals surface area contributed by atoms with Crippen LogP contribution in [0.3, 0.4) is 0 Å². The molecule has 110 valence electrons. The van der Waals surface area contributed by atoms with Crippen molar-refractivity contribution in [1.82, 2.24) is 0 Å². The molecule has 0 amide bonds. The summed E-state index contributed by atoms with van der Waals surface area (Å²) in [6.45, 7) is 0. The fourth-order valence-corrected chi connectivity index (χ4v) is 3.54. The molecule has 0 saturated heterocycles. The third-order valence-electron chi connectivity index (χ3n) is 4.81. The summed E-state index contributed by atoms with van der Waals surface area (Å²) in [5, 5.41) is 0. The zero-order valence-electron chi connectivity index (χ0n) is 13.0. The normalized spacial score (nSPS) is 22.5. The second-order valence-electron chi connectivity index (χ2n) is 6.04. The number of allylic oxidation sites excluding steroid dienone is 2. The van der Waals surface area contributed by atoms with Gasteiger partial charge in [0.2, 0.25) is 0 Å². The molecule has 0 spiro atoms. The predicted molar refractivity (Wildman–Crippen MR) is 94.5 cm³/mol. The Labute approximate surface area is 132 Å². The van der Waals surface area contributed by atoms with E-state index in [0.29, 0.717) is 12.1 Å². The molecule has 2 aliphatic rings. The van der Waals surface area contributed by atoms with E-state index in [9.17, 15) is 0 Å². The fourth-order valence-electron chi connectivity index (χ4n) is 3.54. The number of benzene rings is 2. The molecule has 22 heavy (non-hydrogen) atoms. The van der Waals surface area contributed by atoms with Crippen LogP contribution in [0.2, 0.25) is 0 Å². The quantitative estimate of drug-likeness (QED) is 0.779. The Balaban J connectivity index is 1.82. The third-order valence-corrected chi connectivity index (χ3v) is 4.81. The molecule has 0 N–H and O–H groups in total. The Kier molecular flexibility index (Phi) is 3.04. The fraction of sp³-hybridized carbons (Fsp3) is 0.200. The van der Waals surface area contributed by atoms with Crippen LogP contribution in [0.25, 0.3) is 11.1 Å². The van der Waals surface area contributed by atoms with E-state index in [-0.39, 0.29) is 0 Å². The Morgan fingerprint density at radius 2 is 1.32 bits per heavy atom. The zero-order chi connectivity index (χ0) is 15.1. The first kappa shape index (κ1) is 13.2. The first-order chi connectivity index (χ1) is 10.8. The van der Waals surface area contributed by atoms with Crippen molar-refractivity contribution in [2.75, 3.05) is 23.9 Å². The van der Waals surface area contributed by atoms with Crippen LogP contribution in [0, 0.1) is 0 Å². The van der Waals surface area contributed by atoms with Crippen molar-refractivity contribution in [2.24, 2.45) is 0 Å². The maximum Gasteiger partial charge on any atom is 0.0713 e. The van der Waals surface area contributed by atoms with E-state index in [1.54, 1.807) is 0 Å². The summed E-state index contributed by atoms with van der Waals surface area (Å²) >= 11 is 0. The molecular formula is C20H20N2. The molecule has 2 atom stereocenters. The van der Waals surface area contributed by atoms with Gasteiger partial charge in [-0.25, -0.2) is 0 Å². The molecule has 0 saturated carbocycles. The highest BCUT2D eigenvalue weighted by atomic mass is 15.3. The molecule has 1 heterocycles. The third kappa shape index (κ3) is 1.95. The van der Waals surface area contributed by atoms with Crippen LogP contribution >= 0.6 is 0 Å². The van der Waals surface area contributed by atoms with Crippen LogP contribution < -0.4 is 9.80 Å². The lowest BCUT2D eigenvalue weighted by molar-refractivity contribution is 0.603. The zero-order valence-corrected chi connectivity index (χ0v) is 13.0. The van der Waals surface area contributed by atoms with Gasteiger partial charge in [-0.3, -0.25) is 0 Å². The second kappa shape index (κ2) is 5.06. The number of rotatable bonds is 1. The Hall–Kier alpha value is -2.48. The summed E-state index contributed by atoms with van der Waals surface area (Å²) in [6.07, 6.45) is 8.88. The number of nitrogens with zero attached hydrogens (tertiary/aromatic N) is 2. The molecule has 0 radical (unpaired) electrons. The summed E-state index contributed by atoms with van der Waals surface area (Å²) in [6, 6.07) is 18.2. The van der Waals surface area contributed by atoms with Gasteiger partial charge in [0.15, 0.2) is 0 Å². The lowest BCUT2D eigenvalue weighted by atomic mass is 9.94. The van der Waals surface area contributed by atoms with Gasteiger partial charge in [0, 0.05) is 14.1 Å². The van der Waals surface area contributed by atoms with E-state index in [2.05, 4.69) is 96.7 Å². The maximum atomic E-state index is 2.40. The maximum absolute atomic E-state index is 2.40. The number of hydrogen-bond acceptors (Lipinski definition) is 2. The number of likely N-dealkylation sites (N-methyl/N-ethyl adjacent to an activating group) is 2. The van der Waals surface area contributed by atoms with Crippen molar-refractivity contribution in [1.29, 1.82) is 0 Å². The molecule has 0 bridgehead atoms. The van der Waals surface area contributed by atoms with Gasteiger partial charge in [-0.05, 0) is 23.3 Å². The van der Waals surface area contributed by atoms with Crippen molar-refractivity contribution in [3.05, 3.63) is 72.8 Å².